The van der Waals surface area contributed by atoms with Crippen LogP contribution < -0.4 is 0 Å². The molecule has 0 aliphatic heterocycles. The maximum atomic E-state index is 4.83. The van der Waals surface area contributed by atoms with E-state index in [4.69, 9.17) is 4.98 Å². The SMILES string of the molecule is c1ccc(-c2ccc3cc(-n4c5ccccc5c5c6ccccc6c6ncccc6c54)ccc3c2)nc1. The average Bonchev–Trinajstić information content (AvgIpc) is 3.33. The first-order chi connectivity index (χ1) is 18.4. The van der Waals surface area contributed by atoms with Gasteiger partial charge in [0.2, 0.25) is 0 Å². The molecule has 0 aliphatic rings. The van der Waals surface area contributed by atoms with Crippen LogP contribution in [0.15, 0.2) is 128 Å². The zero-order valence-corrected chi connectivity index (χ0v) is 20.0. The van der Waals surface area contributed by atoms with Crippen molar-refractivity contribution < 1.29 is 0 Å². The summed E-state index contributed by atoms with van der Waals surface area (Å²) in [4.78, 5) is 9.36. The van der Waals surface area contributed by atoms with Crippen molar-refractivity contribution in [2.24, 2.45) is 0 Å². The summed E-state index contributed by atoms with van der Waals surface area (Å²) in [5, 5.41) is 8.52. The fraction of sp³-hybridized carbons (Fsp3) is 0. The van der Waals surface area contributed by atoms with E-state index in [0.717, 1.165) is 27.8 Å². The van der Waals surface area contributed by atoms with Gasteiger partial charge in [-0.05, 0) is 64.7 Å². The number of rotatable bonds is 2. The monoisotopic (exact) mass is 471 g/mol. The lowest BCUT2D eigenvalue weighted by molar-refractivity contribution is 1.19. The summed E-state index contributed by atoms with van der Waals surface area (Å²) in [6.07, 6.45) is 3.73. The second-order valence-electron chi connectivity index (χ2n) is 9.48. The molecule has 3 nitrogen and oxygen atoms in total. The molecule has 0 bridgehead atoms. The molecule has 8 aromatic rings. The van der Waals surface area contributed by atoms with E-state index in [-0.39, 0.29) is 0 Å². The quantitative estimate of drug-likeness (QED) is 0.236. The Bertz CT molecular complexity index is 2140. The fourth-order valence-electron chi connectivity index (χ4n) is 5.82. The van der Waals surface area contributed by atoms with Crippen molar-refractivity contribution in [3.8, 4) is 16.9 Å². The summed E-state index contributed by atoms with van der Waals surface area (Å²) >= 11 is 0. The van der Waals surface area contributed by atoms with Gasteiger partial charge in [0.05, 0.1) is 22.2 Å². The van der Waals surface area contributed by atoms with E-state index in [2.05, 4.69) is 107 Å². The Labute approximate surface area is 213 Å². The highest BCUT2D eigenvalue weighted by atomic mass is 15.0. The van der Waals surface area contributed by atoms with Gasteiger partial charge in [-0.25, -0.2) is 0 Å². The molecule has 5 aromatic carbocycles. The second kappa shape index (κ2) is 7.74. The average molecular weight is 472 g/mol. The molecule has 8 rings (SSSR count). The van der Waals surface area contributed by atoms with Crippen molar-refractivity contribution in [2.45, 2.75) is 0 Å². The standard InChI is InChI=1S/C34H21N3/c1-2-9-27-26(8-1)32-28-10-3-4-13-31(28)37(34(32)29-11-7-19-36-33(27)29)25-17-16-22-20-24(15-14-23(22)21-25)30-12-5-6-18-35-30/h1-21H. The van der Waals surface area contributed by atoms with Gasteiger partial charge >= 0.3 is 0 Å². The molecule has 0 radical (unpaired) electrons. The largest absolute Gasteiger partial charge is 0.309 e. The number of nitrogens with zero attached hydrogens (tertiary/aromatic N) is 3. The van der Waals surface area contributed by atoms with Crippen molar-refractivity contribution in [3.63, 3.8) is 0 Å². The lowest BCUT2D eigenvalue weighted by atomic mass is 9.99. The molecular weight excluding hydrogens is 450 g/mol. The third-order valence-electron chi connectivity index (χ3n) is 7.43. The molecule has 0 N–H and O–H groups in total. The second-order valence-corrected chi connectivity index (χ2v) is 9.48. The Balaban J connectivity index is 1.47. The molecule has 0 saturated carbocycles. The minimum atomic E-state index is 0.988. The van der Waals surface area contributed by atoms with Crippen molar-refractivity contribution in [1.82, 2.24) is 14.5 Å². The molecule has 0 amide bonds. The number of hydrogen-bond donors (Lipinski definition) is 0. The van der Waals surface area contributed by atoms with Crippen LogP contribution >= 0.6 is 0 Å². The van der Waals surface area contributed by atoms with Crippen LogP contribution in [-0.4, -0.2) is 14.5 Å². The molecule has 0 spiro atoms. The third-order valence-corrected chi connectivity index (χ3v) is 7.43. The van der Waals surface area contributed by atoms with E-state index in [0.29, 0.717) is 0 Å². The number of aromatic nitrogens is 3. The number of para-hydroxylation sites is 1. The van der Waals surface area contributed by atoms with Crippen LogP contribution in [0.5, 0.6) is 0 Å². The third kappa shape index (κ3) is 2.95. The molecule has 0 saturated heterocycles. The van der Waals surface area contributed by atoms with E-state index >= 15 is 0 Å². The summed E-state index contributed by atoms with van der Waals surface area (Å²) in [6.45, 7) is 0. The zero-order chi connectivity index (χ0) is 24.3. The Morgan fingerprint density at radius 3 is 2.14 bits per heavy atom. The van der Waals surface area contributed by atoms with Crippen LogP contribution in [0.3, 0.4) is 0 Å². The minimum absolute atomic E-state index is 0.988. The van der Waals surface area contributed by atoms with Gasteiger partial charge in [0.25, 0.3) is 0 Å². The summed E-state index contributed by atoms with van der Waals surface area (Å²) < 4.78 is 2.41. The molecule has 3 heteroatoms. The molecule has 0 fully saturated rings. The van der Waals surface area contributed by atoms with E-state index in [1.165, 1.54) is 43.4 Å². The summed E-state index contributed by atoms with van der Waals surface area (Å²) in [7, 11) is 0. The Morgan fingerprint density at radius 1 is 0.514 bits per heavy atom. The van der Waals surface area contributed by atoms with Crippen LogP contribution in [0.1, 0.15) is 0 Å². The first kappa shape index (κ1) is 20.2. The molecule has 37 heavy (non-hydrogen) atoms. The molecular formula is C34H21N3. The van der Waals surface area contributed by atoms with Gasteiger partial charge in [-0.15, -0.1) is 0 Å². The zero-order valence-electron chi connectivity index (χ0n) is 20.0. The van der Waals surface area contributed by atoms with Gasteiger partial charge in [-0.3, -0.25) is 9.97 Å². The molecule has 172 valence electrons. The van der Waals surface area contributed by atoms with Crippen LogP contribution in [0, 0.1) is 0 Å². The predicted octanol–water partition coefficient (Wildman–Crippen LogP) is 8.70. The lowest BCUT2D eigenvalue weighted by Gasteiger charge is -2.13. The normalized spacial score (nSPS) is 11.8. The summed E-state index contributed by atoms with van der Waals surface area (Å²) in [5.41, 5.74) is 6.69. The summed E-state index contributed by atoms with van der Waals surface area (Å²) in [5.74, 6) is 0. The first-order valence-corrected chi connectivity index (χ1v) is 12.5. The maximum absolute atomic E-state index is 4.83. The Morgan fingerprint density at radius 2 is 1.24 bits per heavy atom. The lowest BCUT2D eigenvalue weighted by Crippen LogP contribution is -1.95. The van der Waals surface area contributed by atoms with Crippen LogP contribution in [0.2, 0.25) is 0 Å². The maximum Gasteiger partial charge on any atom is 0.0801 e. The number of benzene rings is 5. The van der Waals surface area contributed by atoms with Crippen molar-refractivity contribution in [2.75, 3.05) is 0 Å². The highest BCUT2D eigenvalue weighted by Crippen LogP contribution is 2.41. The van der Waals surface area contributed by atoms with Crippen LogP contribution in [0.25, 0.3) is 71.2 Å². The van der Waals surface area contributed by atoms with Gasteiger partial charge < -0.3 is 4.57 Å². The number of fused-ring (bicyclic) bond motifs is 9. The van der Waals surface area contributed by atoms with E-state index in [1.54, 1.807) is 0 Å². The van der Waals surface area contributed by atoms with E-state index in [9.17, 15) is 0 Å². The smallest absolute Gasteiger partial charge is 0.0801 e. The highest BCUT2D eigenvalue weighted by Gasteiger charge is 2.19. The summed E-state index contributed by atoms with van der Waals surface area (Å²) in [6, 6.07) is 41.0. The van der Waals surface area contributed by atoms with E-state index < -0.39 is 0 Å². The van der Waals surface area contributed by atoms with Crippen molar-refractivity contribution >= 4 is 54.3 Å². The molecule has 3 aromatic heterocycles. The van der Waals surface area contributed by atoms with Crippen LogP contribution in [0.4, 0.5) is 0 Å². The molecule has 0 unspecified atom stereocenters. The predicted molar refractivity (Wildman–Crippen MR) is 154 cm³/mol. The number of pyridine rings is 2. The van der Waals surface area contributed by atoms with Gasteiger partial charge in [0, 0.05) is 45.2 Å². The molecule has 3 heterocycles. The van der Waals surface area contributed by atoms with E-state index in [1.807, 2.05) is 30.6 Å². The van der Waals surface area contributed by atoms with Crippen molar-refractivity contribution in [1.29, 1.82) is 0 Å². The minimum Gasteiger partial charge on any atom is -0.309 e. The van der Waals surface area contributed by atoms with Gasteiger partial charge in [-0.2, -0.15) is 0 Å². The Hall–Kier alpha value is -5.02. The topological polar surface area (TPSA) is 30.7 Å². The van der Waals surface area contributed by atoms with Gasteiger partial charge in [0.1, 0.15) is 0 Å². The number of hydrogen-bond acceptors (Lipinski definition) is 2. The van der Waals surface area contributed by atoms with Crippen LogP contribution in [-0.2, 0) is 0 Å². The molecule has 0 atom stereocenters. The van der Waals surface area contributed by atoms with Crippen molar-refractivity contribution in [3.05, 3.63) is 128 Å². The Kier molecular flexibility index (Phi) is 4.23. The highest BCUT2D eigenvalue weighted by molar-refractivity contribution is 6.31. The fourth-order valence-corrected chi connectivity index (χ4v) is 5.82. The van der Waals surface area contributed by atoms with Gasteiger partial charge in [-0.1, -0.05) is 66.7 Å². The first-order valence-electron chi connectivity index (χ1n) is 12.5. The molecule has 0 aliphatic carbocycles. The van der Waals surface area contributed by atoms with Gasteiger partial charge in [0.15, 0.2) is 0 Å².